The smallest absolute Gasteiger partial charge is 0.161 e. The molecule has 1 N–H and O–H groups in total. The lowest BCUT2D eigenvalue weighted by molar-refractivity contribution is -0.0326. The molecule has 5 heteroatoms. The highest BCUT2D eigenvalue weighted by molar-refractivity contribution is 5.36. The van der Waals surface area contributed by atoms with Gasteiger partial charge in [-0.3, -0.25) is 4.90 Å². The number of morpholine rings is 1. The van der Waals surface area contributed by atoms with E-state index in [-0.39, 0.29) is 6.10 Å². The number of ether oxygens (including phenoxy) is 1. The zero-order chi connectivity index (χ0) is 15.1. The van der Waals surface area contributed by atoms with E-state index in [1.165, 1.54) is 0 Å². The van der Waals surface area contributed by atoms with Crippen LogP contribution in [0.4, 0.5) is 5.82 Å². The predicted octanol–water partition coefficient (Wildman–Crippen LogP) is 2.64. The summed E-state index contributed by atoms with van der Waals surface area (Å²) in [5.41, 5.74) is 1.11. The maximum absolute atomic E-state index is 5.89. The highest BCUT2D eigenvalue weighted by atomic mass is 16.5. The molecule has 1 aliphatic rings. The average Bonchev–Trinajstić information content (AvgIpc) is 2.53. The topological polar surface area (TPSA) is 50.3 Å². The molecule has 2 heterocycles. The zero-order valence-corrected chi connectivity index (χ0v) is 13.6. The zero-order valence-electron chi connectivity index (χ0n) is 13.6. The number of anilines is 1. The number of nitrogens with one attached hydrogen (secondary N) is 1. The number of hydrogen-bond acceptors (Lipinski definition) is 5. The molecule has 1 atom stereocenters. The van der Waals surface area contributed by atoms with Gasteiger partial charge in [0.15, 0.2) is 5.82 Å². The number of likely N-dealkylation sites (N-methyl/N-ethyl adjacent to an activating group) is 1. The Morgan fingerprint density at radius 1 is 1.29 bits per heavy atom. The first-order valence-electron chi connectivity index (χ1n) is 8.22. The molecule has 0 amide bonds. The first kappa shape index (κ1) is 16.2. The fourth-order valence-corrected chi connectivity index (χ4v) is 2.54. The van der Waals surface area contributed by atoms with Crippen molar-refractivity contribution in [1.29, 1.82) is 0 Å². The van der Waals surface area contributed by atoms with E-state index in [9.17, 15) is 0 Å². The second-order valence-corrected chi connectivity index (χ2v) is 5.53. The Kier molecular flexibility index (Phi) is 6.39. The summed E-state index contributed by atoms with van der Waals surface area (Å²) in [7, 11) is 0. The van der Waals surface area contributed by atoms with Crippen LogP contribution in [0.1, 0.15) is 51.2 Å². The molecular weight excluding hydrogens is 264 g/mol. The van der Waals surface area contributed by atoms with Gasteiger partial charge in [-0.1, -0.05) is 27.2 Å². The first-order valence-corrected chi connectivity index (χ1v) is 8.22. The summed E-state index contributed by atoms with van der Waals surface area (Å²) >= 11 is 0. The summed E-state index contributed by atoms with van der Waals surface area (Å²) < 4.78 is 5.89. The molecule has 1 fully saturated rings. The van der Waals surface area contributed by atoms with Gasteiger partial charge in [0.1, 0.15) is 11.9 Å². The average molecular weight is 292 g/mol. The quantitative estimate of drug-likeness (QED) is 0.837. The van der Waals surface area contributed by atoms with Crippen LogP contribution in [0.25, 0.3) is 0 Å². The van der Waals surface area contributed by atoms with E-state index in [4.69, 9.17) is 9.72 Å². The number of aryl methyl sites for hydroxylation is 1. The summed E-state index contributed by atoms with van der Waals surface area (Å²) in [4.78, 5) is 11.8. The maximum atomic E-state index is 5.89. The van der Waals surface area contributed by atoms with Crippen molar-refractivity contribution in [2.45, 2.75) is 46.1 Å². The highest BCUT2D eigenvalue weighted by Gasteiger charge is 2.24. The molecule has 0 radical (unpaired) electrons. The molecule has 1 aliphatic heterocycles. The fraction of sp³-hybridized carbons (Fsp3) is 0.750. The molecule has 0 aromatic carbocycles. The van der Waals surface area contributed by atoms with E-state index in [0.29, 0.717) is 0 Å². The summed E-state index contributed by atoms with van der Waals surface area (Å²) in [5.74, 6) is 1.76. The molecule has 0 spiro atoms. The molecule has 1 saturated heterocycles. The monoisotopic (exact) mass is 292 g/mol. The molecule has 0 aliphatic carbocycles. The van der Waals surface area contributed by atoms with Crippen LogP contribution < -0.4 is 5.32 Å². The van der Waals surface area contributed by atoms with E-state index in [1.54, 1.807) is 0 Å². The van der Waals surface area contributed by atoms with Gasteiger partial charge in [-0.25, -0.2) is 9.97 Å². The normalized spacial score (nSPS) is 19.7. The second kappa shape index (κ2) is 8.29. The van der Waals surface area contributed by atoms with Crippen molar-refractivity contribution in [3.8, 4) is 0 Å². The van der Waals surface area contributed by atoms with Gasteiger partial charge in [0.05, 0.1) is 6.61 Å². The lowest BCUT2D eigenvalue weighted by Crippen LogP contribution is -2.38. The summed E-state index contributed by atoms with van der Waals surface area (Å²) in [5, 5.41) is 3.38. The minimum absolute atomic E-state index is 0.00215. The Labute approximate surface area is 128 Å². The minimum atomic E-state index is -0.00215. The van der Waals surface area contributed by atoms with Gasteiger partial charge in [0.25, 0.3) is 0 Å². The number of hydrogen-bond donors (Lipinski definition) is 1. The van der Waals surface area contributed by atoms with Gasteiger partial charge in [-0.2, -0.15) is 0 Å². The molecule has 1 unspecified atom stereocenters. The highest BCUT2D eigenvalue weighted by Crippen LogP contribution is 2.21. The molecule has 0 bridgehead atoms. The van der Waals surface area contributed by atoms with Crippen molar-refractivity contribution in [3.63, 3.8) is 0 Å². The molecule has 2 rings (SSSR count). The van der Waals surface area contributed by atoms with Gasteiger partial charge in [-0.05, 0) is 19.4 Å². The number of nitrogens with zero attached hydrogens (tertiary/aromatic N) is 3. The molecule has 5 nitrogen and oxygen atoms in total. The van der Waals surface area contributed by atoms with Crippen molar-refractivity contribution in [3.05, 3.63) is 17.6 Å². The Bertz CT molecular complexity index is 438. The van der Waals surface area contributed by atoms with Crippen LogP contribution in [0.5, 0.6) is 0 Å². The molecule has 21 heavy (non-hydrogen) atoms. The van der Waals surface area contributed by atoms with Crippen LogP contribution in [0.3, 0.4) is 0 Å². The second-order valence-electron chi connectivity index (χ2n) is 5.53. The fourth-order valence-electron chi connectivity index (χ4n) is 2.54. The molecule has 1 aromatic heterocycles. The van der Waals surface area contributed by atoms with Crippen LogP contribution in [0.15, 0.2) is 6.07 Å². The van der Waals surface area contributed by atoms with Gasteiger partial charge >= 0.3 is 0 Å². The van der Waals surface area contributed by atoms with Gasteiger partial charge < -0.3 is 10.1 Å². The largest absolute Gasteiger partial charge is 0.370 e. The van der Waals surface area contributed by atoms with Gasteiger partial charge in [0.2, 0.25) is 0 Å². The standard InChI is InChI=1S/C16H28N4O/c1-4-7-13-11-15(17-8-5-2)19-16(18-13)14-12-20(6-3)9-10-21-14/h11,14H,4-10,12H2,1-3H3,(H,17,18,19). The van der Waals surface area contributed by atoms with Gasteiger partial charge in [0, 0.05) is 31.4 Å². The Hall–Kier alpha value is -1.20. The lowest BCUT2D eigenvalue weighted by Gasteiger charge is -2.31. The van der Waals surface area contributed by atoms with Crippen molar-refractivity contribution < 1.29 is 4.74 Å². The van der Waals surface area contributed by atoms with E-state index in [1.807, 2.05) is 0 Å². The number of aromatic nitrogens is 2. The molecule has 1 aromatic rings. The van der Waals surface area contributed by atoms with Crippen LogP contribution in [0, 0.1) is 0 Å². The third-order valence-electron chi connectivity index (χ3n) is 3.74. The third kappa shape index (κ3) is 4.64. The van der Waals surface area contributed by atoms with Crippen LogP contribution >= 0.6 is 0 Å². The Balaban J connectivity index is 2.17. The molecule has 0 saturated carbocycles. The number of rotatable bonds is 7. The van der Waals surface area contributed by atoms with Crippen molar-refractivity contribution in [1.82, 2.24) is 14.9 Å². The lowest BCUT2D eigenvalue weighted by atomic mass is 10.2. The van der Waals surface area contributed by atoms with Crippen molar-refractivity contribution >= 4 is 5.82 Å². The van der Waals surface area contributed by atoms with E-state index in [0.717, 1.165) is 69.4 Å². The molecule has 118 valence electrons. The van der Waals surface area contributed by atoms with Crippen LogP contribution in [-0.2, 0) is 11.2 Å². The maximum Gasteiger partial charge on any atom is 0.161 e. The Morgan fingerprint density at radius 3 is 2.86 bits per heavy atom. The van der Waals surface area contributed by atoms with Crippen molar-refractivity contribution in [2.75, 3.05) is 38.1 Å². The summed E-state index contributed by atoms with van der Waals surface area (Å²) in [6.45, 7) is 11.2. The van der Waals surface area contributed by atoms with Crippen LogP contribution in [0.2, 0.25) is 0 Å². The van der Waals surface area contributed by atoms with E-state index < -0.39 is 0 Å². The molecular formula is C16H28N4O. The van der Waals surface area contributed by atoms with Gasteiger partial charge in [-0.15, -0.1) is 0 Å². The summed E-state index contributed by atoms with van der Waals surface area (Å²) in [6.07, 6.45) is 3.17. The first-order chi connectivity index (χ1) is 10.3. The van der Waals surface area contributed by atoms with E-state index in [2.05, 4.69) is 42.0 Å². The minimum Gasteiger partial charge on any atom is -0.370 e. The Morgan fingerprint density at radius 2 is 2.14 bits per heavy atom. The van der Waals surface area contributed by atoms with Crippen molar-refractivity contribution in [2.24, 2.45) is 0 Å². The predicted molar refractivity (Wildman–Crippen MR) is 85.6 cm³/mol. The SMILES string of the molecule is CCCNc1cc(CCC)nc(C2CN(CC)CCO2)n1. The van der Waals surface area contributed by atoms with Crippen LogP contribution in [-0.4, -0.2) is 47.7 Å². The summed E-state index contributed by atoms with van der Waals surface area (Å²) in [6, 6.07) is 2.07. The third-order valence-corrected chi connectivity index (χ3v) is 3.74. The van der Waals surface area contributed by atoms with E-state index >= 15 is 0 Å².